The molecule has 1 aliphatic carbocycles. The van der Waals surface area contributed by atoms with Gasteiger partial charge in [0, 0.05) is 48.5 Å². The van der Waals surface area contributed by atoms with Crippen LogP contribution in [0, 0.1) is 25.7 Å². The zero-order chi connectivity index (χ0) is 42.5. The van der Waals surface area contributed by atoms with Gasteiger partial charge < -0.3 is 24.5 Å². The average Bonchev–Trinajstić information content (AvgIpc) is 3.75. The van der Waals surface area contributed by atoms with E-state index in [0.717, 1.165) is 54.7 Å². The number of hydrogen-bond donors (Lipinski definition) is 2. The number of benzene rings is 1. The molecule has 0 unspecified atom stereocenters. The van der Waals surface area contributed by atoms with Crippen molar-refractivity contribution in [3.05, 3.63) is 80.5 Å². The van der Waals surface area contributed by atoms with E-state index >= 15 is 0 Å². The maximum atomic E-state index is 13.0. The molecule has 2 heterocycles. The molecule has 0 aliphatic heterocycles. The number of aromatic nitrogens is 2. The molecular formula is C46H70N4O5. The van der Waals surface area contributed by atoms with E-state index in [-0.39, 0.29) is 17.0 Å². The van der Waals surface area contributed by atoms with Gasteiger partial charge in [-0.2, -0.15) is 0 Å². The van der Waals surface area contributed by atoms with Crippen LogP contribution in [0.1, 0.15) is 149 Å². The molecule has 9 heteroatoms. The Kier molecular flexibility index (Phi) is 28.8. The van der Waals surface area contributed by atoms with Gasteiger partial charge >= 0.3 is 0 Å². The van der Waals surface area contributed by atoms with Crippen LogP contribution in [0.4, 0.5) is 17.5 Å². The Morgan fingerprint density at radius 2 is 1.60 bits per heavy atom. The van der Waals surface area contributed by atoms with Gasteiger partial charge in [-0.3, -0.25) is 9.59 Å². The first-order valence-corrected chi connectivity index (χ1v) is 20.0. The number of anilines is 3. The number of hydrogen-bond acceptors (Lipinski definition) is 9. The molecule has 0 atom stereocenters. The number of Topliss-reactive ketones (excluding diaryl/α,β-unsaturated/α-hetero) is 1. The predicted octanol–water partition coefficient (Wildman–Crippen LogP) is 11.5. The maximum Gasteiger partial charge on any atom is 0.227 e. The second-order valence-electron chi connectivity index (χ2n) is 12.0. The summed E-state index contributed by atoms with van der Waals surface area (Å²) < 4.78 is 6.37. The fraction of sp³-hybridized carbons (Fsp3) is 0.500. The Labute approximate surface area is 332 Å². The Morgan fingerprint density at radius 3 is 2.11 bits per heavy atom. The average molecular weight is 759 g/mol. The van der Waals surface area contributed by atoms with Crippen LogP contribution >= 0.6 is 0 Å². The van der Waals surface area contributed by atoms with E-state index in [2.05, 4.69) is 41.9 Å². The van der Waals surface area contributed by atoms with Gasteiger partial charge in [0.2, 0.25) is 5.95 Å². The summed E-state index contributed by atoms with van der Waals surface area (Å²) in [6.07, 6.45) is 21.5. The molecule has 0 amide bonds. The van der Waals surface area contributed by atoms with Crippen LogP contribution in [0.5, 0.6) is 5.75 Å². The lowest BCUT2D eigenvalue weighted by atomic mass is 9.98. The summed E-state index contributed by atoms with van der Waals surface area (Å²) in [5, 5.41) is 14.3. The molecular weight excluding hydrogens is 689 g/mol. The van der Waals surface area contributed by atoms with Crippen LogP contribution < -0.4 is 15.6 Å². The highest BCUT2D eigenvalue weighted by Crippen LogP contribution is 2.35. The third kappa shape index (κ3) is 16.1. The van der Waals surface area contributed by atoms with Crippen molar-refractivity contribution in [1.82, 2.24) is 9.97 Å². The first-order chi connectivity index (χ1) is 26.7. The molecule has 1 aliphatic rings. The maximum absolute atomic E-state index is 13.0. The lowest BCUT2D eigenvalue weighted by Crippen LogP contribution is -2.26. The van der Waals surface area contributed by atoms with Crippen molar-refractivity contribution in [2.24, 2.45) is 5.92 Å². The summed E-state index contributed by atoms with van der Waals surface area (Å²) in [6, 6.07) is 6.91. The number of carbonyl (C=O) groups is 2. The van der Waals surface area contributed by atoms with E-state index in [4.69, 9.17) is 14.2 Å². The largest absolute Gasteiger partial charge is 0.506 e. The van der Waals surface area contributed by atoms with Crippen molar-refractivity contribution >= 4 is 41.7 Å². The summed E-state index contributed by atoms with van der Waals surface area (Å²) >= 11 is 0. The highest BCUT2D eigenvalue weighted by atomic mass is 16.4. The number of allylic oxidation sites excluding steroid dienone is 2. The van der Waals surface area contributed by atoms with Gasteiger partial charge in [0.05, 0.1) is 11.4 Å². The lowest BCUT2D eigenvalue weighted by molar-refractivity contribution is -0.115. The zero-order valence-corrected chi connectivity index (χ0v) is 36.0. The smallest absolute Gasteiger partial charge is 0.227 e. The monoisotopic (exact) mass is 759 g/mol. The van der Waals surface area contributed by atoms with E-state index in [1.165, 1.54) is 25.7 Å². The van der Waals surface area contributed by atoms with Crippen molar-refractivity contribution in [2.45, 2.75) is 134 Å². The van der Waals surface area contributed by atoms with Gasteiger partial charge in [0.15, 0.2) is 17.1 Å². The minimum atomic E-state index is -0.0802. The number of aromatic hydroxyl groups is 1. The molecule has 304 valence electrons. The van der Waals surface area contributed by atoms with Gasteiger partial charge in [-0.25, -0.2) is 9.97 Å². The topological polar surface area (TPSA) is 126 Å². The number of phenols is 1. The van der Waals surface area contributed by atoms with Gasteiger partial charge in [-0.15, -0.1) is 12.8 Å². The molecule has 1 fully saturated rings. The van der Waals surface area contributed by atoms with Crippen LogP contribution in [0.3, 0.4) is 0 Å². The summed E-state index contributed by atoms with van der Waals surface area (Å²) in [4.78, 5) is 44.8. The number of rotatable bonds is 14. The van der Waals surface area contributed by atoms with E-state index in [9.17, 15) is 14.7 Å². The molecule has 4 rings (SSSR count). The van der Waals surface area contributed by atoms with Crippen molar-refractivity contribution < 1.29 is 19.1 Å². The summed E-state index contributed by atoms with van der Waals surface area (Å²) in [5.74, 6) is 2.13. The van der Waals surface area contributed by atoms with E-state index < -0.39 is 0 Å². The van der Waals surface area contributed by atoms with Crippen molar-refractivity contribution in [3.8, 4) is 18.6 Å². The molecule has 0 spiro atoms. The van der Waals surface area contributed by atoms with E-state index in [1.807, 2.05) is 87.3 Å². The van der Waals surface area contributed by atoms with Gasteiger partial charge in [-0.1, -0.05) is 100 Å². The van der Waals surface area contributed by atoms with Crippen LogP contribution in [0.15, 0.2) is 51.3 Å². The lowest BCUT2D eigenvalue weighted by Gasteiger charge is -2.23. The standard InChI is InChI=1S/C37H48N4O4.3C2H6.C2H2.CH2O/c1-7-17-41(18-8-2)35-22-33(43)25(6)36(45-35)29(9-3)27-15-16-30(34(44)21-27)39-37-38-23-28(19-24(5)32(42)10-4)31(40-37)20-26-13-11-12-14-26;5*1-2/h9,15-16,19,21-23,26,44H,7-8,10-14,17-18,20H2,1-6H3,(H,38,39,40);3*1-2H3;1-2H;1H2/b24-19+,29-9-;;;;;. The molecule has 55 heavy (non-hydrogen) atoms. The van der Waals surface area contributed by atoms with Gasteiger partial charge in [-0.05, 0) is 75.3 Å². The molecule has 3 aromatic rings. The number of phenolic OH excluding ortho intramolecular Hbond substituents is 1. The van der Waals surface area contributed by atoms with Crippen LogP contribution in [-0.4, -0.2) is 40.7 Å². The number of ketones is 1. The molecule has 1 aromatic carbocycles. The van der Waals surface area contributed by atoms with E-state index in [0.29, 0.717) is 46.8 Å². The second-order valence-corrected chi connectivity index (χ2v) is 12.0. The molecule has 0 radical (unpaired) electrons. The molecule has 2 N–H and O–H groups in total. The number of nitrogens with zero attached hydrogens (tertiary/aromatic N) is 3. The SMILES string of the molecule is C#C.C/C=C(/c1ccc(Nc2ncc(/C=C(\C)C(=O)CC)c(CC3CCCC3)n2)c(O)c1)c1oc(N(CCC)CCC)cc(=O)c1C.C=O.CC.CC.CC. The Bertz CT molecular complexity index is 1680. The van der Waals surface area contributed by atoms with Crippen molar-refractivity contribution in [2.75, 3.05) is 23.3 Å². The second kappa shape index (κ2) is 30.4. The first-order valence-electron chi connectivity index (χ1n) is 20.0. The first kappa shape index (κ1) is 52.1. The Morgan fingerprint density at radius 1 is 1.02 bits per heavy atom. The van der Waals surface area contributed by atoms with Gasteiger partial charge in [0.1, 0.15) is 18.3 Å². The highest BCUT2D eigenvalue weighted by molar-refractivity contribution is 5.98. The number of terminal acetylenes is 1. The molecule has 9 nitrogen and oxygen atoms in total. The third-order valence-corrected chi connectivity index (χ3v) is 8.55. The third-order valence-electron chi connectivity index (χ3n) is 8.55. The minimum absolute atomic E-state index is 0.0240. The number of nitrogens with one attached hydrogen (secondary N) is 1. The van der Waals surface area contributed by atoms with E-state index in [1.54, 1.807) is 31.3 Å². The molecule has 0 bridgehead atoms. The van der Waals surface area contributed by atoms with Crippen molar-refractivity contribution in [3.63, 3.8) is 0 Å². The van der Waals surface area contributed by atoms with Crippen LogP contribution in [-0.2, 0) is 16.0 Å². The Balaban J connectivity index is 0. The van der Waals surface area contributed by atoms with Crippen molar-refractivity contribution in [1.29, 1.82) is 0 Å². The normalized spacial score (nSPS) is 12.0. The zero-order valence-electron chi connectivity index (χ0n) is 36.0. The summed E-state index contributed by atoms with van der Waals surface area (Å²) in [5.41, 5.74) is 4.82. The summed E-state index contributed by atoms with van der Waals surface area (Å²) in [6.45, 7) is 27.2. The quantitative estimate of drug-likeness (QED) is 0.0938. The molecule has 2 aromatic heterocycles. The fourth-order valence-electron chi connectivity index (χ4n) is 6.03. The molecule has 0 saturated heterocycles. The minimum Gasteiger partial charge on any atom is -0.506 e. The summed E-state index contributed by atoms with van der Waals surface area (Å²) in [7, 11) is 0. The Hall–Kier alpha value is -4.97. The highest BCUT2D eigenvalue weighted by Gasteiger charge is 2.21. The fourth-order valence-corrected chi connectivity index (χ4v) is 6.03. The van der Waals surface area contributed by atoms with Gasteiger partial charge in [0.25, 0.3) is 0 Å². The van der Waals surface area contributed by atoms with Crippen LogP contribution in [0.25, 0.3) is 11.6 Å². The van der Waals surface area contributed by atoms with Crippen LogP contribution in [0.2, 0.25) is 0 Å². The molecule has 1 saturated carbocycles. The number of carbonyl (C=O) groups excluding carboxylic acids is 2. The predicted molar refractivity (Wildman–Crippen MR) is 234 cm³/mol.